The Morgan fingerprint density at radius 1 is 1.05 bits per heavy atom. The van der Waals surface area contributed by atoms with Gasteiger partial charge in [0.25, 0.3) is 5.91 Å². The number of esters is 1. The maximum atomic E-state index is 12.0. The van der Waals surface area contributed by atoms with Crippen molar-refractivity contribution in [1.29, 1.82) is 0 Å². The van der Waals surface area contributed by atoms with Crippen molar-refractivity contribution < 1.29 is 14.3 Å². The van der Waals surface area contributed by atoms with Crippen LogP contribution in [0.5, 0.6) is 0 Å². The number of hydrogen-bond donors (Lipinski definition) is 1. The highest BCUT2D eigenvalue weighted by Gasteiger charge is 2.19. The lowest BCUT2D eigenvalue weighted by Gasteiger charge is -2.13. The number of amides is 1. The molecule has 2 aromatic rings. The molecule has 1 atom stereocenters. The number of ether oxygens (including phenoxy) is 1. The summed E-state index contributed by atoms with van der Waals surface area (Å²) in [5, 5.41) is 3.23. The first-order chi connectivity index (χ1) is 10.5. The Kier molecular flexibility index (Phi) is 5.17. The molecule has 0 spiro atoms. The fourth-order valence-electron chi connectivity index (χ4n) is 1.75. The van der Waals surface area contributed by atoms with Crippen LogP contribution in [0.2, 0.25) is 5.02 Å². The molecule has 22 heavy (non-hydrogen) atoms. The zero-order valence-electron chi connectivity index (χ0n) is 12.3. The Balaban J connectivity index is 1.94. The molecule has 0 aliphatic carbocycles. The number of halogens is 1. The Bertz CT molecular complexity index is 665. The lowest BCUT2D eigenvalue weighted by atomic mass is 10.2. The number of benzene rings is 2. The monoisotopic (exact) mass is 317 g/mol. The van der Waals surface area contributed by atoms with E-state index in [0.29, 0.717) is 16.3 Å². The summed E-state index contributed by atoms with van der Waals surface area (Å²) in [6.45, 7) is 3.49. The minimum absolute atomic E-state index is 0.347. The van der Waals surface area contributed by atoms with Gasteiger partial charge < -0.3 is 10.1 Å². The average Bonchev–Trinajstić information content (AvgIpc) is 2.50. The normalized spacial score (nSPS) is 11.6. The van der Waals surface area contributed by atoms with Crippen molar-refractivity contribution in [3.05, 3.63) is 64.7 Å². The number of rotatable bonds is 4. The molecule has 0 unspecified atom stereocenters. The van der Waals surface area contributed by atoms with Crippen molar-refractivity contribution in [2.24, 2.45) is 0 Å². The largest absolute Gasteiger partial charge is 0.449 e. The molecular weight excluding hydrogens is 302 g/mol. The molecule has 1 N–H and O–H groups in total. The number of carbonyl (C=O) groups is 2. The Morgan fingerprint density at radius 3 is 2.23 bits per heavy atom. The minimum atomic E-state index is -0.899. The molecule has 2 rings (SSSR count). The van der Waals surface area contributed by atoms with Gasteiger partial charge in [0, 0.05) is 10.7 Å². The fraction of sp³-hybridized carbons (Fsp3) is 0.176. The molecule has 5 heteroatoms. The van der Waals surface area contributed by atoms with Crippen molar-refractivity contribution in [2.75, 3.05) is 5.32 Å². The fourth-order valence-corrected chi connectivity index (χ4v) is 1.87. The number of carbonyl (C=O) groups excluding carboxylic acids is 2. The lowest BCUT2D eigenvalue weighted by molar-refractivity contribution is -0.123. The maximum Gasteiger partial charge on any atom is 0.338 e. The highest BCUT2D eigenvalue weighted by atomic mass is 35.5. The second kappa shape index (κ2) is 7.09. The van der Waals surface area contributed by atoms with Crippen LogP contribution in [0.15, 0.2) is 48.5 Å². The van der Waals surface area contributed by atoms with E-state index >= 15 is 0 Å². The van der Waals surface area contributed by atoms with Crippen LogP contribution in [0.3, 0.4) is 0 Å². The van der Waals surface area contributed by atoms with E-state index in [0.717, 1.165) is 5.56 Å². The van der Waals surface area contributed by atoms with Crippen LogP contribution < -0.4 is 5.32 Å². The third-order valence-electron chi connectivity index (χ3n) is 3.05. The van der Waals surface area contributed by atoms with Gasteiger partial charge in [0.2, 0.25) is 0 Å². The molecule has 0 fully saturated rings. The number of hydrogen-bond acceptors (Lipinski definition) is 3. The molecular formula is C17H16ClNO3. The van der Waals surface area contributed by atoms with E-state index in [1.165, 1.54) is 6.92 Å². The Morgan fingerprint density at radius 2 is 1.64 bits per heavy atom. The van der Waals surface area contributed by atoms with Gasteiger partial charge in [-0.2, -0.15) is 0 Å². The SMILES string of the molecule is Cc1ccc(NC(=O)[C@@H](C)OC(=O)c2ccc(Cl)cc2)cc1. The van der Waals surface area contributed by atoms with E-state index in [1.807, 2.05) is 19.1 Å². The summed E-state index contributed by atoms with van der Waals surface area (Å²) in [4.78, 5) is 23.9. The summed E-state index contributed by atoms with van der Waals surface area (Å²) in [7, 11) is 0. The summed E-state index contributed by atoms with van der Waals surface area (Å²) >= 11 is 5.76. The van der Waals surface area contributed by atoms with Gasteiger partial charge in [0.1, 0.15) is 0 Å². The molecule has 2 aromatic carbocycles. The van der Waals surface area contributed by atoms with E-state index in [4.69, 9.17) is 16.3 Å². The number of anilines is 1. The van der Waals surface area contributed by atoms with Gasteiger partial charge in [-0.3, -0.25) is 4.79 Å². The zero-order chi connectivity index (χ0) is 16.1. The van der Waals surface area contributed by atoms with E-state index in [1.54, 1.807) is 36.4 Å². The third-order valence-corrected chi connectivity index (χ3v) is 3.30. The van der Waals surface area contributed by atoms with Crippen LogP contribution in [-0.4, -0.2) is 18.0 Å². The Hall–Kier alpha value is -2.33. The summed E-state index contributed by atoms with van der Waals surface area (Å²) in [6, 6.07) is 13.6. The van der Waals surface area contributed by atoms with Crippen LogP contribution in [0, 0.1) is 6.92 Å². The van der Waals surface area contributed by atoms with Gasteiger partial charge >= 0.3 is 5.97 Å². The van der Waals surface area contributed by atoms with E-state index in [2.05, 4.69) is 5.32 Å². The van der Waals surface area contributed by atoms with Crippen LogP contribution in [0.4, 0.5) is 5.69 Å². The second-order valence-corrected chi connectivity index (χ2v) is 5.35. The standard InChI is InChI=1S/C17H16ClNO3/c1-11-3-9-15(10-4-11)19-16(20)12(2)22-17(21)13-5-7-14(18)8-6-13/h3-10,12H,1-2H3,(H,19,20)/t12-/m1/s1. The molecule has 0 saturated carbocycles. The van der Waals surface area contributed by atoms with E-state index < -0.39 is 12.1 Å². The van der Waals surface area contributed by atoms with Crippen molar-refractivity contribution in [3.8, 4) is 0 Å². The minimum Gasteiger partial charge on any atom is -0.449 e. The van der Waals surface area contributed by atoms with Gasteiger partial charge in [0.05, 0.1) is 5.56 Å². The van der Waals surface area contributed by atoms with Crippen molar-refractivity contribution in [2.45, 2.75) is 20.0 Å². The Labute approximate surface area is 134 Å². The molecule has 4 nitrogen and oxygen atoms in total. The molecule has 0 bridgehead atoms. The van der Waals surface area contributed by atoms with Crippen LogP contribution >= 0.6 is 11.6 Å². The predicted octanol–water partition coefficient (Wildman–Crippen LogP) is 3.83. The first-order valence-corrected chi connectivity index (χ1v) is 7.17. The van der Waals surface area contributed by atoms with E-state index in [-0.39, 0.29) is 5.91 Å². The lowest BCUT2D eigenvalue weighted by Crippen LogP contribution is -2.29. The summed E-state index contributed by atoms with van der Waals surface area (Å²) in [5.74, 6) is -0.950. The number of nitrogens with one attached hydrogen (secondary N) is 1. The first kappa shape index (κ1) is 16.0. The molecule has 0 aliphatic heterocycles. The van der Waals surface area contributed by atoms with Crippen LogP contribution in [0.1, 0.15) is 22.8 Å². The summed E-state index contributed by atoms with van der Waals surface area (Å²) in [6.07, 6.45) is -0.899. The van der Waals surface area contributed by atoms with Crippen molar-refractivity contribution in [1.82, 2.24) is 0 Å². The molecule has 1 amide bonds. The average molecular weight is 318 g/mol. The maximum absolute atomic E-state index is 12.0. The van der Waals surface area contributed by atoms with Gasteiger partial charge in [-0.15, -0.1) is 0 Å². The molecule has 0 radical (unpaired) electrons. The molecule has 0 heterocycles. The molecule has 0 saturated heterocycles. The first-order valence-electron chi connectivity index (χ1n) is 6.80. The summed E-state index contributed by atoms with van der Waals surface area (Å²) in [5.41, 5.74) is 2.10. The number of aryl methyl sites for hydroxylation is 1. The van der Waals surface area contributed by atoms with Gasteiger partial charge in [0.15, 0.2) is 6.10 Å². The highest BCUT2D eigenvalue weighted by molar-refractivity contribution is 6.30. The zero-order valence-corrected chi connectivity index (χ0v) is 13.1. The van der Waals surface area contributed by atoms with Gasteiger partial charge in [-0.05, 0) is 50.2 Å². The third kappa shape index (κ3) is 4.33. The molecule has 0 aliphatic rings. The van der Waals surface area contributed by atoms with Gasteiger partial charge in [-0.1, -0.05) is 29.3 Å². The van der Waals surface area contributed by atoms with Crippen LogP contribution in [0.25, 0.3) is 0 Å². The summed E-state index contributed by atoms with van der Waals surface area (Å²) < 4.78 is 5.14. The second-order valence-electron chi connectivity index (χ2n) is 4.91. The van der Waals surface area contributed by atoms with Crippen molar-refractivity contribution >= 4 is 29.2 Å². The highest BCUT2D eigenvalue weighted by Crippen LogP contribution is 2.13. The predicted molar refractivity (Wildman–Crippen MR) is 86.1 cm³/mol. The smallest absolute Gasteiger partial charge is 0.338 e. The molecule has 114 valence electrons. The topological polar surface area (TPSA) is 55.4 Å². The quantitative estimate of drug-likeness (QED) is 0.872. The van der Waals surface area contributed by atoms with Crippen molar-refractivity contribution in [3.63, 3.8) is 0 Å². The molecule has 0 aromatic heterocycles. The van der Waals surface area contributed by atoms with E-state index in [9.17, 15) is 9.59 Å². The van der Waals surface area contributed by atoms with Gasteiger partial charge in [-0.25, -0.2) is 4.79 Å². The van der Waals surface area contributed by atoms with Crippen LogP contribution in [-0.2, 0) is 9.53 Å².